The maximum atomic E-state index is 12.8. The summed E-state index contributed by atoms with van der Waals surface area (Å²) in [5.74, 6) is 0.175. The van der Waals surface area contributed by atoms with Crippen LogP contribution in [0.25, 0.3) is 4.96 Å². The van der Waals surface area contributed by atoms with Crippen molar-refractivity contribution in [3.63, 3.8) is 0 Å². The molecule has 6 nitrogen and oxygen atoms in total. The zero-order valence-electron chi connectivity index (χ0n) is 16.0. The Hall–Kier alpha value is -1.68. The summed E-state index contributed by atoms with van der Waals surface area (Å²) in [6.45, 7) is 5.57. The van der Waals surface area contributed by atoms with Crippen molar-refractivity contribution in [2.75, 3.05) is 26.2 Å². The van der Waals surface area contributed by atoms with Gasteiger partial charge in [-0.15, -0.1) is 23.1 Å². The predicted molar refractivity (Wildman–Crippen MR) is 121 cm³/mol. The summed E-state index contributed by atoms with van der Waals surface area (Å²) in [4.78, 5) is 35.5. The van der Waals surface area contributed by atoms with Gasteiger partial charge in [0.2, 0.25) is 5.91 Å². The number of hydrogen-bond donors (Lipinski definition) is 0. The van der Waals surface area contributed by atoms with Crippen molar-refractivity contribution in [2.24, 2.45) is 0 Å². The van der Waals surface area contributed by atoms with E-state index >= 15 is 0 Å². The zero-order chi connectivity index (χ0) is 20.4. The van der Waals surface area contributed by atoms with Gasteiger partial charge in [-0.2, -0.15) is 0 Å². The normalized spacial score (nSPS) is 16.3. The summed E-state index contributed by atoms with van der Waals surface area (Å²) in [6.07, 6.45) is 1.75. The summed E-state index contributed by atoms with van der Waals surface area (Å²) in [6, 6.07) is 9.64. The lowest BCUT2D eigenvalue weighted by atomic mass is 10.2. The summed E-state index contributed by atoms with van der Waals surface area (Å²) in [7, 11) is 0. The number of thioether (sulfide) groups is 1. The second kappa shape index (κ2) is 8.99. The molecule has 0 bridgehead atoms. The molecule has 1 aliphatic rings. The van der Waals surface area contributed by atoms with Crippen molar-refractivity contribution in [3.05, 3.63) is 62.4 Å². The number of halogens is 1. The third kappa shape index (κ3) is 4.91. The minimum atomic E-state index is -0.120. The molecule has 0 aliphatic carbocycles. The van der Waals surface area contributed by atoms with Gasteiger partial charge in [0, 0.05) is 59.7 Å². The second-order valence-electron chi connectivity index (χ2n) is 6.96. The Kier molecular flexibility index (Phi) is 6.38. The fourth-order valence-electron chi connectivity index (χ4n) is 3.35. The number of benzene rings is 1. The molecule has 3 heterocycles. The number of rotatable bonds is 5. The lowest BCUT2D eigenvalue weighted by molar-refractivity contribution is -0.132. The van der Waals surface area contributed by atoms with Crippen LogP contribution >= 0.6 is 39.0 Å². The van der Waals surface area contributed by atoms with Crippen LogP contribution in [-0.2, 0) is 11.3 Å². The number of aromatic nitrogens is 2. The van der Waals surface area contributed by atoms with Crippen LogP contribution in [0.2, 0.25) is 0 Å². The SMILES string of the molecule is CC(Sc1ccc(Br)cc1)C(=O)N1CCN(Cc2cc(=O)n3ccsc3n2)CC1. The summed E-state index contributed by atoms with van der Waals surface area (Å²) < 4.78 is 2.60. The van der Waals surface area contributed by atoms with E-state index in [0.29, 0.717) is 19.6 Å². The van der Waals surface area contributed by atoms with Crippen LogP contribution in [0.4, 0.5) is 0 Å². The highest BCUT2D eigenvalue weighted by Crippen LogP contribution is 2.26. The molecule has 2 aromatic heterocycles. The number of thiazole rings is 1. The van der Waals surface area contributed by atoms with Crippen LogP contribution in [0.5, 0.6) is 0 Å². The summed E-state index contributed by atoms with van der Waals surface area (Å²) in [5, 5.41) is 1.75. The molecule has 0 spiro atoms. The number of amides is 1. The molecule has 1 aliphatic heterocycles. The van der Waals surface area contributed by atoms with E-state index in [1.165, 1.54) is 11.3 Å². The zero-order valence-corrected chi connectivity index (χ0v) is 19.2. The summed E-state index contributed by atoms with van der Waals surface area (Å²) in [5.41, 5.74) is 0.746. The first kappa shape index (κ1) is 20.6. The van der Waals surface area contributed by atoms with Crippen LogP contribution in [0.15, 0.2) is 56.1 Å². The van der Waals surface area contributed by atoms with E-state index in [-0.39, 0.29) is 16.7 Å². The van der Waals surface area contributed by atoms with Crippen LogP contribution in [0, 0.1) is 0 Å². The highest BCUT2D eigenvalue weighted by Gasteiger charge is 2.25. The quantitative estimate of drug-likeness (QED) is 0.511. The van der Waals surface area contributed by atoms with E-state index in [2.05, 4.69) is 25.8 Å². The van der Waals surface area contributed by atoms with Crippen molar-refractivity contribution in [3.8, 4) is 0 Å². The maximum Gasteiger partial charge on any atom is 0.258 e. The number of hydrogen-bond acceptors (Lipinski definition) is 6. The van der Waals surface area contributed by atoms with Crippen molar-refractivity contribution in [2.45, 2.75) is 23.6 Å². The lowest BCUT2D eigenvalue weighted by Crippen LogP contribution is -2.50. The molecule has 152 valence electrons. The van der Waals surface area contributed by atoms with Gasteiger partial charge in [-0.1, -0.05) is 15.9 Å². The molecule has 1 atom stereocenters. The van der Waals surface area contributed by atoms with Crippen molar-refractivity contribution in [1.29, 1.82) is 0 Å². The van der Waals surface area contributed by atoms with E-state index in [1.54, 1.807) is 28.4 Å². The van der Waals surface area contributed by atoms with Crippen LogP contribution in [0.1, 0.15) is 12.6 Å². The fourth-order valence-corrected chi connectivity index (χ4v) is 5.30. The van der Waals surface area contributed by atoms with Gasteiger partial charge in [-0.25, -0.2) is 4.98 Å². The topological polar surface area (TPSA) is 57.9 Å². The average Bonchev–Trinajstić information content (AvgIpc) is 3.19. The number of carbonyl (C=O) groups is 1. The molecule has 1 unspecified atom stereocenters. The molecule has 3 aromatic rings. The molecule has 29 heavy (non-hydrogen) atoms. The fraction of sp³-hybridized carbons (Fsp3) is 0.350. The van der Waals surface area contributed by atoms with Gasteiger partial charge in [0.1, 0.15) is 0 Å². The molecule has 0 N–H and O–H groups in total. The van der Waals surface area contributed by atoms with Gasteiger partial charge in [0.25, 0.3) is 5.56 Å². The van der Waals surface area contributed by atoms with Crippen LogP contribution < -0.4 is 5.56 Å². The second-order valence-corrected chi connectivity index (χ2v) is 10.2. The third-order valence-electron chi connectivity index (χ3n) is 4.90. The largest absolute Gasteiger partial charge is 0.339 e. The monoisotopic (exact) mass is 492 g/mol. The minimum Gasteiger partial charge on any atom is -0.339 e. The van der Waals surface area contributed by atoms with Crippen molar-refractivity contribution >= 4 is 49.9 Å². The van der Waals surface area contributed by atoms with E-state index < -0.39 is 0 Å². The average molecular weight is 493 g/mol. The maximum absolute atomic E-state index is 12.8. The molecule has 1 saturated heterocycles. The van der Waals surface area contributed by atoms with E-state index in [1.807, 2.05) is 41.5 Å². The van der Waals surface area contributed by atoms with Gasteiger partial charge in [-0.05, 0) is 31.2 Å². The van der Waals surface area contributed by atoms with Crippen molar-refractivity contribution < 1.29 is 4.79 Å². The molecule has 1 amide bonds. The molecule has 1 fully saturated rings. The standard InChI is InChI=1S/C20H21BrN4O2S2/c1-14(29-17-4-2-15(21)3-5-17)19(27)24-8-6-23(7-9-24)13-16-12-18(26)25-10-11-28-20(25)22-16/h2-5,10-12,14H,6-9,13H2,1H3. The van der Waals surface area contributed by atoms with Gasteiger partial charge in [0.05, 0.1) is 10.9 Å². The Morgan fingerprint density at radius 1 is 1.24 bits per heavy atom. The summed E-state index contributed by atoms with van der Waals surface area (Å²) >= 11 is 6.49. The number of carbonyl (C=O) groups excluding carboxylic acids is 1. The first-order valence-corrected chi connectivity index (χ1v) is 11.9. The van der Waals surface area contributed by atoms with Gasteiger partial charge in [-0.3, -0.25) is 18.9 Å². The first-order chi connectivity index (χ1) is 14.0. The number of fused-ring (bicyclic) bond motifs is 1. The van der Waals surface area contributed by atoms with Gasteiger partial charge < -0.3 is 4.90 Å². The molecule has 1 aromatic carbocycles. The molecule has 4 rings (SSSR count). The third-order valence-corrected chi connectivity index (χ3v) is 7.28. The highest BCUT2D eigenvalue weighted by atomic mass is 79.9. The van der Waals surface area contributed by atoms with Crippen molar-refractivity contribution in [1.82, 2.24) is 19.2 Å². The number of piperazine rings is 1. The van der Waals surface area contributed by atoms with Gasteiger partial charge in [0.15, 0.2) is 4.96 Å². The smallest absolute Gasteiger partial charge is 0.258 e. The first-order valence-electron chi connectivity index (χ1n) is 9.39. The van der Waals surface area contributed by atoms with E-state index in [4.69, 9.17) is 0 Å². The Labute approximate surface area is 185 Å². The molecular formula is C20H21BrN4O2S2. The highest BCUT2D eigenvalue weighted by molar-refractivity contribution is 9.10. The van der Waals surface area contributed by atoms with E-state index in [9.17, 15) is 9.59 Å². The Morgan fingerprint density at radius 3 is 2.69 bits per heavy atom. The van der Waals surface area contributed by atoms with Crippen LogP contribution in [-0.4, -0.2) is 56.5 Å². The predicted octanol–water partition coefficient (Wildman–Crippen LogP) is 3.34. The van der Waals surface area contributed by atoms with E-state index in [0.717, 1.165) is 33.1 Å². The Balaban J connectivity index is 1.31. The minimum absolute atomic E-state index is 0.0427. The Bertz CT molecular complexity index is 1060. The van der Waals surface area contributed by atoms with Gasteiger partial charge >= 0.3 is 0 Å². The molecular weight excluding hydrogens is 472 g/mol. The molecule has 0 radical (unpaired) electrons. The lowest BCUT2D eigenvalue weighted by Gasteiger charge is -2.35. The Morgan fingerprint density at radius 2 is 1.97 bits per heavy atom. The van der Waals surface area contributed by atoms with Crippen LogP contribution in [0.3, 0.4) is 0 Å². The molecule has 0 saturated carbocycles. The molecule has 9 heteroatoms. The number of nitrogens with zero attached hydrogens (tertiary/aromatic N) is 4.